The second-order valence-electron chi connectivity index (χ2n) is 3.87. The molecule has 0 saturated carbocycles. The minimum absolute atomic E-state index is 0.137. The summed E-state index contributed by atoms with van der Waals surface area (Å²) in [6.45, 7) is 0. The highest BCUT2D eigenvalue weighted by molar-refractivity contribution is 5.92. The number of carbonyl (C=O) groups excluding carboxylic acids is 1. The number of hydrogen-bond acceptors (Lipinski definition) is 2. The number of amides is 2. The molecule has 2 aromatic rings. The molecule has 16 heavy (non-hydrogen) atoms. The lowest BCUT2D eigenvalue weighted by Crippen LogP contribution is -2.27. The summed E-state index contributed by atoms with van der Waals surface area (Å²) in [5, 5.41) is 8.00. The molecule has 5 nitrogen and oxygen atoms in total. The summed E-state index contributed by atoms with van der Waals surface area (Å²) in [6, 6.07) is 5.57. The lowest BCUT2D eigenvalue weighted by molar-refractivity contribution is 0.230. The first-order chi connectivity index (χ1) is 7.58. The minimum Gasteiger partial charge on any atom is -0.331 e. The molecule has 1 aromatic heterocycles. The topological polar surface area (TPSA) is 50.2 Å². The van der Waals surface area contributed by atoms with Crippen molar-refractivity contribution in [2.45, 2.75) is 0 Å². The van der Waals surface area contributed by atoms with Gasteiger partial charge >= 0.3 is 6.03 Å². The Hall–Kier alpha value is -2.04. The van der Waals surface area contributed by atoms with Crippen molar-refractivity contribution in [3.05, 3.63) is 24.4 Å². The Balaban J connectivity index is 2.32. The van der Waals surface area contributed by atoms with E-state index in [9.17, 15) is 4.79 Å². The van der Waals surface area contributed by atoms with Crippen LogP contribution in [0.25, 0.3) is 10.9 Å². The van der Waals surface area contributed by atoms with Crippen molar-refractivity contribution < 1.29 is 4.79 Å². The van der Waals surface area contributed by atoms with E-state index in [2.05, 4.69) is 10.4 Å². The third-order valence-electron chi connectivity index (χ3n) is 2.41. The number of benzene rings is 1. The third kappa shape index (κ3) is 1.84. The van der Waals surface area contributed by atoms with Gasteiger partial charge in [0.15, 0.2) is 0 Å². The van der Waals surface area contributed by atoms with E-state index in [1.165, 1.54) is 4.90 Å². The van der Waals surface area contributed by atoms with Gasteiger partial charge in [0, 0.05) is 32.2 Å². The van der Waals surface area contributed by atoms with E-state index < -0.39 is 0 Å². The molecule has 5 heteroatoms. The number of rotatable bonds is 1. The number of aromatic nitrogens is 2. The molecular formula is C11H14N4O. The summed E-state index contributed by atoms with van der Waals surface area (Å²) >= 11 is 0. The Bertz CT molecular complexity index is 530. The molecule has 0 aliphatic rings. The zero-order chi connectivity index (χ0) is 11.7. The Morgan fingerprint density at radius 1 is 1.44 bits per heavy atom. The number of carbonyl (C=O) groups is 1. The summed E-state index contributed by atoms with van der Waals surface area (Å²) in [5.74, 6) is 0. The van der Waals surface area contributed by atoms with Gasteiger partial charge < -0.3 is 10.2 Å². The standard InChI is InChI=1S/C11H14N4O/c1-14(2)11(16)13-9-5-4-8-7-12-15(3)10(8)6-9/h4-7H,1-3H3,(H,13,16). The number of nitrogens with zero attached hydrogens (tertiary/aromatic N) is 3. The fourth-order valence-corrected chi connectivity index (χ4v) is 1.46. The maximum Gasteiger partial charge on any atom is 0.321 e. The molecule has 0 saturated heterocycles. The smallest absolute Gasteiger partial charge is 0.321 e. The zero-order valence-corrected chi connectivity index (χ0v) is 9.56. The first-order valence-corrected chi connectivity index (χ1v) is 4.98. The van der Waals surface area contributed by atoms with Crippen LogP contribution in [0.15, 0.2) is 24.4 Å². The van der Waals surface area contributed by atoms with Crippen molar-refractivity contribution in [2.75, 3.05) is 19.4 Å². The summed E-state index contributed by atoms with van der Waals surface area (Å²) in [7, 11) is 5.29. The van der Waals surface area contributed by atoms with Crippen molar-refractivity contribution in [2.24, 2.45) is 7.05 Å². The van der Waals surface area contributed by atoms with Gasteiger partial charge in [0.2, 0.25) is 0 Å². The highest BCUT2D eigenvalue weighted by atomic mass is 16.2. The van der Waals surface area contributed by atoms with Crippen LogP contribution in [0.3, 0.4) is 0 Å². The van der Waals surface area contributed by atoms with Crippen molar-refractivity contribution in [3.63, 3.8) is 0 Å². The number of nitrogens with one attached hydrogen (secondary N) is 1. The molecule has 1 N–H and O–H groups in total. The fourth-order valence-electron chi connectivity index (χ4n) is 1.46. The van der Waals surface area contributed by atoms with Crippen LogP contribution in [0.2, 0.25) is 0 Å². The molecular weight excluding hydrogens is 204 g/mol. The highest BCUT2D eigenvalue weighted by Crippen LogP contribution is 2.18. The molecule has 1 aromatic carbocycles. The van der Waals surface area contributed by atoms with Crippen molar-refractivity contribution in [3.8, 4) is 0 Å². The molecule has 0 atom stereocenters. The van der Waals surface area contributed by atoms with E-state index >= 15 is 0 Å². The van der Waals surface area contributed by atoms with Crippen LogP contribution in [-0.2, 0) is 7.05 Å². The Morgan fingerprint density at radius 3 is 2.88 bits per heavy atom. The van der Waals surface area contributed by atoms with E-state index in [1.54, 1.807) is 25.0 Å². The highest BCUT2D eigenvalue weighted by Gasteiger charge is 2.05. The summed E-state index contributed by atoms with van der Waals surface area (Å²) < 4.78 is 1.78. The summed E-state index contributed by atoms with van der Waals surface area (Å²) in [5.41, 5.74) is 1.77. The maximum atomic E-state index is 11.5. The normalized spacial score (nSPS) is 10.4. The molecule has 1 heterocycles. The van der Waals surface area contributed by atoms with Crippen molar-refractivity contribution in [1.29, 1.82) is 0 Å². The summed E-state index contributed by atoms with van der Waals surface area (Å²) in [4.78, 5) is 13.0. The molecule has 0 aliphatic carbocycles. The molecule has 0 spiro atoms. The van der Waals surface area contributed by atoms with Crippen LogP contribution in [0, 0.1) is 0 Å². The molecule has 0 fully saturated rings. The molecule has 0 aliphatic heterocycles. The van der Waals surface area contributed by atoms with E-state index in [-0.39, 0.29) is 6.03 Å². The quantitative estimate of drug-likeness (QED) is 0.791. The van der Waals surface area contributed by atoms with Crippen LogP contribution in [0.4, 0.5) is 10.5 Å². The van der Waals surface area contributed by atoms with E-state index in [0.717, 1.165) is 16.6 Å². The second kappa shape index (κ2) is 3.84. The van der Waals surface area contributed by atoms with Gasteiger partial charge in [-0.25, -0.2) is 4.79 Å². The number of anilines is 1. The third-order valence-corrected chi connectivity index (χ3v) is 2.41. The van der Waals surface area contributed by atoms with Gasteiger partial charge in [-0.05, 0) is 18.2 Å². The largest absolute Gasteiger partial charge is 0.331 e. The molecule has 2 rings (SSSR count). The summed E-state index contributed by atoms with van der Waals surface area (Å²) in [6.07, 6.45) is 1.80. The van der Waals surface area contributed by atoms with Gasteiger partial charge in [0.05, 0.1) is 11.7 Å². The van der Waals surface area contributed by atoms with Gasteiger partial charge in [0.25, 0.3) is 0 Å². The number of fused-ring (bicyclic) bond motifs is 1. The molecule has 2 amide bonds. The van der Waals surface area contributed by atoms with Gasteiger partial charge in [-0.1, -0.05) is 0 Å². The van der Waals surface area contributed by atoms with Gasteiger partial charge in [0.1, 0.15) is 0 Å². The maximum absolute atomic E-state index is 11.5. The van der Waals surface area contributed by atoms with Crippen LogP contribution < -0.4 is 5.32 Å². The SMILES string of the molecule is CN(C)C(=O)Nc1ccc2cnn(C)c2c1. The lowest BCUT2D eigenvalue weighted by Gasteiger charge is -2.11. The lowest BCUT2D eigenvalue weighted by atomic mass is 10.2. The molecule has 0 bridgehead atoms. The number of urea groups is 1. The first-order valence-electron chi connectivity index (χ1n) is 4.98. The van der Waals surface area contributed by atoms with Crippen molar-refractivity contribution >= 4 is 22.6 Å². The number of hydrogen-bond donors (Lipinski definition) is 1. The number of aryl methyl sites for hydroxylation is 1. The monoisotopic (exact) mass is 218 g/mol. The van der Waals surface area contributed by atoms with E-state index in [1.807, 2.05) is 25.2 Å². The van der Waals surface area contributed by atoms with Crippen LogP contribution >= 0.6 is 0 Å². The van der Waals surface area contributed by atoms with Gasteiger partial charge in [-0.3, -0.25) is 4.68 Å². The zero-order valence-electron chi connectivity index (χ0n) is 9.56. The minimum atomic E-state index is -0.137. The average Bonchev–Trinajstić information content (AvgIpc) is 2.60. The fraction of sp³-hybridized carbons (Fsp3) is 0.273. The Kier molecular flexibility index (Phi) is 2.52. The van der Waals surface area contributed by atoms with Gasteiger partial charge in [-0.2, -0.15) is 5.10 Å². The molecule has 0 radical (unpaired) electrons. The van der Waals surface area contributed by atoms with E-state index in [0.29, 0.717) is 0 Å². The van der Waals surface area contributed by atoms with Crippen LogP contribution in [-0.4, -0.2) is 34.8 Å². The van der Waals surface area contributed by atoms with E-state index in [4.69, 9.17) is 0 Å². The molecule has 84 valence electrons. The predicted octanol–water partition coefficient (Wildman–Crippen LogP) is 1.67. The first kappa shape index (κ1) is 10.5. The molecule has 0 unspecified atom stereocenters. The van der Waals surface area contributed by atoms with Crippen LogP contribution in [0.1, 0.15) is 0 Å². The average molecular weight is 218 g/mol. The van der Waals surface area contributed by atoms with Gasteiger partial charge in [-0.15, -0.1) is 0 Å². The van der Waals surface area contributed by atoms with Crippen molar-refractivity contribution in [1.82, 2.24) is 14.7 Å². The Labute approximate surface area is 93.7 Å². The second-order valence-corrected chi connectivity index (χ2v) is 3.87. The predicted molar refractivity (Wildman–Crippen MR) is 63.4 cm³/mol. The Morgan fingerprint density at radius 2 is 2.19 bits per heavy atom. The van der Waals surface area contributed by atoms with Crippen LogP contribution in [0.5, 0.6) is 0 Å².